The number of hydrogen-bond donors (Lipinski definition) is 0. The van der Waals surface area contributed by atoms with Crippen LogP contribution >= 0.6 is 23.4 Å². The fourth-order valence-electron chi connectivity index (χ4n) is 3.56. The Kier molecular flexibility index (Phi) is 4.56. The Labute approximate surface area is 151 Å². The summed E-state index contributed by atoms with van der Waals surface area (Å²) in [4.78, 5) is 7.18. The molecule has 2 aromatic carbocycles. The average Bonchev–Trinajstić information content (AvgIpc) is 2.72. The van der Waals surface area contributed by atoms with Crippen molar-refractivity contribution in [2.75, 3.05) is 33.2 Å². The SMILES string of the molecule is CN1CCN([C@H]2Cc3ccc(Cl)cc3Sc3ccc(F)cc32)CC1. The third-order valence-corrected chi connectivity index (χ3v) is 6.40. The van der Waals surface area contributed by atoms with Gasteiger partial charge in [0.25, 0.3) is 0 Å². The normalized spacial score (nSPS) is 21.9. The second kappa shape index (κ2) is 6.68. The predicted octanol–water partition coefficient (Wildman–Crippen LogP) is 4.47. The molecule has 2 aromatic rings. The fraction of sp³-hybridized carbons (Fsp3) is 0.368. The van der Waals surface area contributed by atoms with Crippen molar-refractivity contribution >= 4 is 23.4 Å². The van der Waals surface area contributed by atoms with Crippen LogP contribution in [0.5, 0.6) is 0 Å². The largest absolute Gasteiger partial charge is 0.304 e. The van der Waals surface area contributed by atoms with Gasteiger partial charge in [-0.1, -0.05) is 29.4 Å². The predicted molar refractivity (Wildman–Crippen MR) is 97.5 cm³/mol. The Hall–Kier alpha value is -1.07. The molecule has 1 atom stereocenters. The second-order valence-corrected chi connectivity index (χ2v) is 8.12. The molecule has 0 N–H and O–H groups in total. The van der Waals surface area contributed by atoms with Crippen LogP contribution in [0.25, 0.3) is 0 Å². The quantitative estimate of drug-likeness (QED) is 0.738. The lowest BCUT2D eigenvalue weighted by molar-refractivity contribution is 0.109. The Morgan fingerprint density at radius 1 is 1.04 bits per heavy atom. The van der Waals surface area contributed by atoms with Crippen molar-refractivity contribution in [1.29, 1.82) is 0 Å². The first kappa shape index (κ1) is 16.4. The van der Waals surface area contributed by atoms with Gasteiger partial charge >= 0.3 is 0 Å². The highest BCUT2D eigenvalue weighted by Gasteiger charge is 2.29. The number of rotatable bonds is 1. The van der Waals surface area contributed by atoms with Gasteiger partial charge in [-0.25, -0.2) is 4.39 Å². The number of fused-ring (bicyclic) bond motifs is 2. The molecule has 0 aliphatic carbocycles. The molecule has 126 valence electrons. The van der Waals surface area contributed by atoms with Crippen LogP contribution in [-0.4, -0.2) is 43.0 Å². The molecule has 4 rings (SSSR count). The number of benzene rings is 2. The first-order valence-corrected chi connectivity index (χ1v) is 9.48. The molecule has 0 aromatic heterocycles. The first-order chi connectivity index (χ1) is 11.6. The zero-order chi connectivity index (χ0) is 16.7. The summed E-state index contributed by atoms with van der Waals surface area (Å²) < 4.78 is 14.0. The van der Waals surface area contributed by atoms with E-state index in [9.17, 15) is 4.39 Å². The monoisotopic (exact) mass is 362 g/mol. The van der Waals surface area contributed by atoms with E-state index in [0.717, 1.165) is 48.1 Å². The van der Waals surface area contributed by atoms with E-state index in [0.29, 0.717) is 0 Å². The molecule has 1 fully saturated rings. The lowest BCUT2D eigenvalue weighted by Gasteiger charge is -2.38. The molecule has 0 radical (unpaired) electrons. The van der Waals surface area contributed by atoms with E-state index in [1.54, 1.807) is 23.9 Å². The third-order valence-electron chi connectivity index (χ3n) is 4.97. The summed E-state index contributed by atoms with van der Waals surface area (Å²) in [5, 5.41) is 0.753. The van der Waals surface area contributed by atoms with Crippen LogP contribution in [0.3, 0.4) is 0 Å². The van der Waals surface area contributed by atoms with Gasteiger partial charge in [0.2, 0.25) is 0 Å². The highest BCUT2D eigenvalue weighted by atomic mass is 35.5. The molecule has 1 saturated heterocycles. The Bertz CT molecular complexity index is 759. The number of piperazine rings is 1. The zero-order valence-electron chi connectivity index (χ0n) is 13.6. The molecule has 2 heterocycles. The van der Waals surface area contributed by atoms with Gasteiger partial charge < -0.3 is 4.90 Å². The van der Waals surface area contributed by atoms with E-state index >= 15 is 0 Å². The molecular formula is C19H20ClFN2S. The van der Waals surface area contributed by atoms with Crippen molar-refractivity contribution in [3.8, 4) is 0 Å². The highest BCUT2D eigenvalue weighted by Crippen LogP contribution is 2.44. The van der Waals surface area contributed by atoms with Crippen molar-refractivity contribution in [3.05, 3.63) is 58.4 Å². The maximum Gasteiger partial charge on any atom is 0.123 e. The average molecular weight is 363 g/mol. The van der Waals surface area contributed by atoms with Gasteiger partial charge in [0.05, 0.1) is 0 Å². The molecule has 0 amide bonds. The summed E-state index contributed by atoms with van der Waals surface area (Å²) in [5.74, 6) is -0.155. The summed E-state index contributed by atoms with van der Waals surface area (Å²) in [7, 11) is 2.16. The van der Waals surface area contributed by atoms with Gasteiger partial charge in [-0.05, 0) is 54.9 Å². The number of nitrogens with zero attached hydrogens (tertiary/aromatic N) is 2. The van der Waals surface area contributed by atoms with Crippen molar-refractivity contribution < 1.29 is 4.39 Å². The van der Waals surface area contributed by atoms with Crippen LogP contribution in [0.4, 0.5) is 4.39 Å². The highest BCUT2D eigenvalue weighted by molar-refractivity contribution is 7.99. The fourth-order valence-corrected chi connectivity index (χ4v) is 4.95. The lowest BCUT2D eigenvalue weighted by atomic mass is 9.96. The maximum absolute atomic E-state index is 14.0. The number of halogens is 2. The standard InChI is InChI=1S/C19H20ClFN2S/c1-22-6-8-23(9-7-22)17-10-13-2-3-14(20)11-19(13)24-18-5-4-15(21)12-16(17)18/h2-5,11-12,17H,6-10H2,1H3/t17-/m0/s1. The Morgan fingerprint density at radius 3 is 2.62 bits per heavy atom. The minimum Gasteiger partial charge on any atom is -0.304 e. The van der Waals surface area contributed by atoms with Crippen LogP contribution in [0.15, 0.2) is 46.2 Å². The molecule has 5 heteroatoms. The molecule has 0 spiro atoms. The van der Waals surface area contributed by atoms with Gasteiger partial charge in [-0.2, -0.15) is 0 Å². The van der Waals surface area contributed by atoms with E-state index in [4.69, 9.17) is 11.6 Å². The van der Waals surface area contributed by atoms with E-state index in [1.807, 2.05) is 18.2 Å². The zero-order valence-corrected chi connectivity index (χ0v) is 15.2. The minimum atomic E-state index is -0.155. The third kappa shape index (κ3) is 3.21. The van der Waals surface area contributed by atoms with Crippen molar-refractivity contribution in [2.24, 2.45) is 0 Å². The molecule has 2 nitrogen and oxygen atoms in total. The molecule has 0 saturated carbocycles. The minimum absolute atomic E-state index is 0.155. The van der Waals surface area contributed by atoms with Crippen molar-refractivity contribution in [1.82, 2.24) is 9.80 Å². The number of likely N-dealkylation sites (N-methyl/N-ethyl adjacent to an activating group) is 1. The van der Waals surface area contributed by atoms with Gasteiger partial charge in [0, 0.05) is 47.0 Å². The molecule has 2 aliphatic rings. The topological polar surface area (TPSA) is 6.48 Å². The first-order valence-electron chi connectivity index (χ1n) is 8.28. The maximum atomic E-state index is 14.0. The summed E-state index contributed by atoms with van der Waals surface area (Å²) in [5.41, 5.74) is 2.40. The molecule has 24 heavy (non-hydrogen) atoms. The summed E-state index contributed by atoms with van der Waals surface area (Å²) in [6.07, 6.45) is 0.902. The van der Waals surface area contributed by atoms with Gasteiger partial charge in [-0.3, -0.25) is 4.90 Å². The van der Waals surface area contributed by atoms with Gasteiger partial charge in [0.1, 0.15) is 5.82 Å². The van der Waals surface area contributed by atoms with Crippen LogP contribution in [0, 0.1) is 5.82 Å². The summed E-state index contributed by atoms with van der Waals surface area (Å²) in [6, 6.07) is 11.5. The molecule has 0 bridgehead atoms. The van der Waals surface area contributed by atoms with Crippen LogP contribution in [0.2, 0.25) is 5.02 Å². The summed E-state index contributed by atoms with van der Waals surface area (Å²) >= 11 is 7.90. The van der Waals surface area contributed by atoms with Crippen molar-refractivity contribution in [2.45, 2.75) is 22.3 Å². The smallest absolute Gasteiger partial charge is 0.123 e. The Balaban J connectivity index is 1.77. The summed E-state index contributed by atoms with van der Waals surface area (Å²) in [6.45, 7) is 4.15. The second-order valence-electron chi connectivity index (χ2n) is 6.60. The number of hydrogen-bond acceptors (Lipinski definition) is 3. The van der Waals surface area contributed by atoms with Crippen LogP contribution in [0.1, 0.15) is 17.2 Å². The van der Waals surface area contributed by atoms with Crippen molar-refractivity contribution in [3.63, 3.8) is 0 Å². The molecule has 2 aliphatic heterocycles. The Morgan fingerprint density at radius 2 is 1.83 bits per heavy atom. The van der Waals surface area contributed by atoms with E-state index in [1.165, 1.54) is 10.5 Å². The van der Waals surface area contributed by atoms with Crippen LogP contribution in [-0.2, 0) is 6.42 Å². The molecule has 0 unspecified atom stereocenters. The van der Waals surface area contributed by atoms with Gasteiger partial charge in [0.15, 0.2) is 0 Å². The lowest BCUT2D eigenvalue weighted by Crippen LogP contribution is -2.46. The molecular weight excluding hydrogens is 343 g/mol. The van der Waals surface area contributed by atoms with E-state index in [-0.39, 0.29) is 11.9 Å². The van der Waals surface area contributed by atoms with Gasteiger partial charge in [-0.15, -0.1) is 0 Å². The van der Waals surface area contributed by atoms with Crippen LogP contribution < -0.4 is 0 Å². The van der Waals surface area contributed by atoms with E-state index in [2.05, 4.69) is 22.9 Å². The van der Waals surface area contributed by atoms with E-state index < -0.39 is 0 Å².